The van der Waals surface area contributed by atoms with Gasteiger partial charge in [0.05, 0.1) is 0 Å². The van der Waals surface area contributed by atoms with E-state index in [-0.39, 0.29) is 5.91 Å². The maximum Gasteiger partial charge on any atom is 0.261 e. The molecule has 1 N–H and O–H groups in total. The molecule has 0 unspecified atom stereocenters. The molecular formula is C19H29NO2. The van der Waals surface area contributed by atoms with Gasteiger partial charge in [0.1, 0.15) is 5.75 Å². The molecule has 0 bridgehead atoms. The van der Waals surface area contributed by atoms with Crippen molar-refractivity contribution in [3.8, 4) is 5.75 Å². The first-order valence-corrected chi connectivity index (χ1v) is 8.64. The van der Waals surface area contributed by atoms with Crippen molar-refractivity contribution in [2.24, 2.45) is 0 Å². The van der Waals surface area contributed by atoms with E-state index in [4.69, 9.17) is 4.74 Å². The highest BCUT2D eigenvalue weighted by molar-refractivity contribution is 5.81. The molecule has 22 heavy (non-hydrogen) atoms. The Labute approximate surface area is 134 Å². The molecule has 1 saturated carbocycles. The van der Waals surface area contributed by atoms with Gasteiger partial charge < -0.3 is 10.1 Å². The van der Waals surface area contributed by atoms with E-state index < -0.39 is 6.10 Å². The molecule has 122 valence electrons. The summed E-state index contributed by atoms with van der Waals surface area (Å²) in [6, 6.07) is 6.44. The number of nitrogens with one attached hydrogen (secondary N) is 1. The van der Waals surface area contributed by atoms with Crippen molar-refractivity contribution in [2.45, 2.75) is 77.9 Å². The van der Waals surface area contributed by atoms with Gasteiger partial charge in [-0.2, -0.15) is 0 Å². The molecule has 0 aromatic heterocycles. The van der Waals surface area contributed by atoms with Gasteiger partial charge >= 0.3 is 0 Å². The SMILES string of the molecule is CC[C@H](Oc1cc(C)ccc1C)C(=O)NC1CCCCCC1. The van der Waals surface area contributed by atoms with E-state index in [9.17, 15) is 4.79 Å². The summed E-state index contributed by atoms with van der Waals surface area (Å²) in [6.45, 7) is 6.06. The third-order valence-electron chi connectivity index (χ3n) is 4.48. The summed E-state index contributed by atoms with van der Waals surface area (Å²) in [4.78, 5) is 12.5. The van der Waals surface area contributed by atoms with E-state index in [1.54, 1.807) is 0 Å². The molecule has 1 aliphatic carbocycles. The van der Waals surface area contributed by atoms with E-state index >= 15 is 0 Å². The Balaban J connectivity index is 1.97. The Hall–Kier alpha value is -1.51. The zero-order valence-corrected chi connectivity index (χ0v) is 14.2. The molecule has 3 nitrogen and oxygen atoms in total. The smallest absolute Gasteiger partial charge is 0.261 e. The molecule has 2 rings (SSSR count). The van der Waals surface area contributed by atoms with Crippen LogP contribution in [0, 0.1) is 13.8 Å². The Morgan fingerprint density at radius 3 is 2.55 bits per heavy atom. The van der Waals surface area contributed by atoms with Crippen LogP contribution < -0.4 is 10.1 Å². The monoisotopic (exact) mass is 303 g/mol. The minimum Gasteiger partial charge on any atom is -0.480 e. The summed E-state index contributed by atoms with van der Waals surface area (Å²) in [7, 11) is 0. The van der Waals surface area contributed by atoms with E-state index in [1.165, 1.54) is 25.7 Å². The highest BCUT2D eigenvalue weighted by Crippen LogP contribution is 2.22. The highest BCUT2D eigenvalue weighted by Gasteiger charge is 2.22. The van der Waals surface area contributed by atoms with Crippen molar-refractivity contribution in [1.82, 2.24) is 5.32 Å². The Bertz CT molecular complexity index is 490. The molecule has 0 radical (unpaired) electrons. The first-order valence-electron chi connectivity index (χ1n) is 8.64. The molecule has 0 saturated heterocycles. The molecule has 1 atom stereocenters. The highest BCUT2D eigenvalue weighted by atomic mass is 16.5. The summed E-state index contributed by atoms with van der Waals surface area (Å²) in [6.07, 6.45) is 7.52. The van der Waals surface area contributed by atoms with Crippen molar-refractivity contribution in [1.29, 1.82) is 0 Å². The van der Waals surface area contributed by atoms with Crippen molar-refractivity contribution in [3.05, 3.63) is 29.3 Å². The second-order valence-electron chi connectivity index (χ2n) is 6.48. The molecule has 0 spiro atoms. The van der Waals surface area contributed by atoms with Crippen LogP contribution in [0.5, 0.6) is 5.75 Å². The van der Waals surface area contributed by atoms with Gasteiger partial charge in [-0.25, -0.2) is 0 Å². The number of carbonyl (C=O) groups excluding carboxylic acids is 1. The summed E-state index contributed by atoms with van der Waals surface area (Å²) < 4.78 is 6.00. The van der Waals surface area contributed by atoms with E-state index in [0.717, 1.165) is 29.7 Å². The van der Waals surface area contributed by atoms with Gasteiger partial charge in [-0.15, -0.1) is 0 Å². The van der Waals surface area contributed by atoms with Gasteiger partial charge in [0.2, 0.25) is 0 Å². The van der Waals surface area contributed by atoms with Crippen LogP contribution in [0.3, 0.4) is 0 Å². The van der Waals surface area contributed by atoms with Gasteiger partial charge in [-0.3, -0.25) is 4.79 Å². The summed E-state index contributed by atoms with van der Waals surface area (Å²) >= 11 is 0. The fourth-order valence-electron chi connectivity index (χ4n) is 3.03. The number of hydrogen-bond donors (Lipinski definition) is 1. The minimum absolute atomic E-state index is 0.0373. The molecule has 1 aromatic carbocycles. The van der Waals surface area contributed by atoms with Gasteiger partial charge in [0.15, 0.2) is 6.10 Å². The fourth-order valence-corrected chi connectivity index (χ4v) is 3.03. The van der Waals surface area contributed by atoms with Crippen LogP contribution in [0.15, 0.2) is 18.2 Å². The first-order chi connectivity index (χ1) is 10.6. The van der Waals surface area contributed by atoms with Crippen molar-refractivity contribution in [2.75, 3.05) is 0 Å². The summed E-state index contributed by atoms with van der Waals surface area (Å²) in [5.41, 5.74) is 2.23. The van der Waals surface area contributed by atoms with E-state index in [1.807, 2.05) is 32.9 Å². The second kappa shape index (κ2) is 8.21. The molecule has 1 aliphatic rings. The van der Waals surface area contributed by atoms with E-state index in [2.05, 4.69) is 11.4 Å². The molecule has 1 aromatic rings. The average Bonchev–Trinajstić information content (AvgIpc) is 2.76. The second-order valence-corrected chi connectivity index (χ2v) is 6.48. The quantitative estimate of drug-likeness (QED) is 0.824. The number of amides is 1. The lowest BCUT2D eigenvalue weighted by Gasteiger charge is -2.22. The molecule has 3 heteroatoms. The minimum atomic E-state index is -0.399. The molecule has 0 heterocycles. The van der Waals surface area contributed by atoms with Gasteiger partial charge in [-0.1, -0.05) is 44.7 Å². The average molecular weight is 303 g/mol. The maximum atomic E-state index is 12.5. The van der Waals surface area contributed by atoms with Crippen molar-refractivity contribution in [3.63, 3.8) is 0 Å². The van der Waals surface area contributed by atoms with Gasteiger partial charge in [-0.05, 0) is 50.3 Å². The van der Waals surface area contributed by atoms with Gasteiger partial charge in [0, 0.05) is 6.04 Å². The van der Waals surface area contributed by atoms with Crippen molar-refractivity contribution < 1.29 is 9.53 Å². The van der Waals surface area contributed by atoms with Crippen LogP contribution >= 0.6 is 0 Å². The normalized spacial score (nSPS) is 17.6. The topological polar surface area (TPSA) is 38.3 Å². The number of carbonyl (C=O) groups is 1. The van der Waals surface area contributed by atoms with Crippen LogP contribution in [0.1, 0.15) is 63.0 Å². The molecule has 0 aliphatic heterocycles. The predicted octanol–water partition coefficient (Wildman–Crippen LogP) is 4.30. The Morgan fingerprint density at radius 2 is 1.91 bits per heavy atom. The largest absolute Gasteiger partial charge is 0.480 e. The lowest BCUT2D eigenvalue weighted by atomic mass is 10.1. The lowest BCUT2D eigenvalue weighted by molar-refractivity contribution is -0.129. The zero-order valence-electron chi connectivity index (χ0n) is 14.2. The number of aryl methyl sites for hydroxylation is 2. The van der Waals surface area contributed by atoms with Crippen LogP contribution in [0.25, 0.3) is 0 Å². The van der Waals surface area contributed by atoms with Gasteiger partial charge in [0.25, 0.3) is 5.91 Å². The van der Waals surface area contributed by atoms with Crippen LogP contribution in [0.2, 0.25) is 0 Å². The molecule has 1 amide bonds. The Morgan fingerprint density at radius 1 is 1.23 bits per heavy atom. The molecular weight excluding hydrogens is 274 g/mol. The lowest BCUT2D eigenvalue weighted by Crippen LogP contribution is -2.43. The summed E-state index contributed by atoms with van der Waals surface area (Å²) in [5, 5.41) is 3.20. The zero-order chi connectivity index (χ0) is 15.9. The molecule has 1 fully saturated rings. The van der Waals surface area contributed by atoms with Crippen LogP contribution in [-0.2, 0) is 4.79 Å². The van der Waals surface area contributed by atoms with E-state index in [0.29, 0.717) is 12.5 Å². The summed E-state index contributed by atoms with van der Waals surface area (Å²) in [5.74, 6) is 0.859. The number of rotatable bonds is 5. The number of benzene rings is 1. The predicted molar refractivity (Wildman–Crippen MR) is 90.3 cm³/mol. The number of hydrogen-bond acceptors (Lipinski definition) is 2. The van der Waals surface area contributed by atoms with Crippen LogP contribution in [0.4, 0.5) is 0 Å². The first kappa shape index (κ1) is 16.9. The van der Waals surface area contributed by atoms with Crippen molar-refractivity contribution >= 4 is 5.91 Å². The third-order valence-corrected chi connectivity index (χ3v) is 4.48. The van der Waals surface area contributed by atoms with Crippen LogP contribution in [-0.4, -0.2) is 18.1 Å². The maximum absolute atomic E-state index is 12.5. The standard InChI is InChI=1S/C19H29NO2/c1-4-17(22-18-13-14(2)11-12-15(18)3)19(21)20-16-9-7-5-6-8-10-16/h11-13,16-17H,4-10H2,1-3H3,(H,20,21)/t17-/m0/s1. The fraction of sp³-hybridized carbons (Fsp3) is 0.632. The number of ether oxygens (including phenoxy) is 1. The Kier molecular flexibility index (Phi) is 6.29. The third kappa shape index (κ3) is 4.75.